The van der Waals surface area contributed by atoms with E-state index in [1.165, 1.54) is 0 Å². The van der Waals surface area contributed by atoms with E-state index in [1.54, 1.807) is 42.6 Å². The van der Waals surface area contributed by atoms with Crippen LogP contribution in [0, 0.1) is 0 Å². The second kappa shape index (κ2) is 7.24. The predicted octanol–water partition coefficient (Wildman–Crippen LogP) is 3.41. The molecule has 0 aliphatic carbocycles. The molecule has 2 atom stereocenters. The molecule has 1 aliphatic heterocycles. The molecule has 3 aromatic rings. The lowest BCUT2D eigenvalue weighted by Crippen LogP contribution is -2.20. The maximum Gasteiger partial charge on any atom is 0.227 e. The minimum atomic E-state index is -2.02. The third-order valence-electron chi connectivity index (χ3n) is 4.15. The van der Waals surface area contributed by atoms with Gasteiger partial charge in [0.15, 0.2) is 11.1 Å². The van der Waals surface area contributed by atoms with Gasteiger partial charge in [0.2, 0.25) is 5.95 Å². The van der Waals surface area contributed by atoms with E-state index < -0.39 is 17.3 Å². The highest BCUT2D eigenvalue weighted by atomic mass is 35.5. The van der Waals surface area contributed by atoms with Crippen molar-refractivity contribution in [2.24, 2.45) is 0 Å². The summed E-state index contributed by atoms with van der Waals surface area (Å²) in [4.78, 5) is 9.23. The van der Waals surface area contributed by atoms with Crippen LogP contribution in [0.5, 0.6) is 0 Å². The molecule has 4 N–H and O–H groups in total. The molecule has 9 heteroatoms. The lowest BCUT2D eigenvalue weighted by atomic mass is 10.1. The van der Waals surface area contributed by atoms with Gasteiger partial charge in [0.05, 0.1) is 10.6 Å². The molecule has 4 rings (SSSR count). The van der Waals surface area contributed by atoms with Gasteiger partial charge in [-0.3, -0.25) is 0 Å². The van der Waals surface area contributed by atoms with E-state index in [1.807, 2.05) is 6.07 Å². The Labute approximate surface area is 162 Å². The first kappa shape index (κ1) is 17.9. The minimum absolute atomic E-state index is 0.314. The fourth-order valence-corrected chi connectivity index (χ4v) is 3.46. The van der Waals surface area contributed by atoms with Crippen molar-refractivity contribution in [3.63, 3.8) is 0 Å². The number of aliphatic hydroxyl groups is 1. The van der Waals surface area contributed by atoms with Crippen LogP contribution in [0.2, 0.25) is 5.02 Å². The Morgan fingerprint density at radius 2 is 2.00 bits per heavy atom. The number of hydrogen-bond donors (Lipinski definition) is 4. The Morgan fingerprint density at radius 1 is 1.22 bits per heavy atom. The summed E-state index contributed by atoms with van der Waals surface area (Å²) in [5, 5.41) is 16.8. The third-order valence-corrected chi connectivity index (χ3v) is 5.06. The Kier molecular flexibility index (Phi) is 4.79. The van der Waals surface area contributed by atoms with Crippen LogP contribution in [0.1, 0.15) is 5.56 Å². The van der Waals surface area contributed by atoms with Crippen molar-refractivity contribution in [1.29, 1.82) is 0 Å². The van der Waals surface area contributed by atoms with Crippen molar-refractivity contribution >= 4 is 40.0 Å². The third kappa shape index (κ3) is 3.79. The number of benzene rings is 2. The molecular formula is C18H15ClN4O3S. The van der Waals surface area contributed by atoms with Crippen LogP contribution in [0.25, 0.3) is 11.3 Å². The average Bonchev–Trinajstić information content (AvgIpc) is 2.77. The largest absolute Gasteiger partial charge is 0.373 e. The van der Waals surface area contributed by atoms with Gasteiger partial charge in [-0.1, -0.05) is 11.6 Å². The normalized spacial score (nSPS) is 16.5. The molecule has 0 saturated heterocycles. The number of aromatic nitrogens is 2. The second-order valence-electron chi connectivity index (χ2n) is 6.02. The molecule has 2 aromatic carbocycles. The smallest absolute Gasteiger partial charge is 0.227 e. The molecule has 0 bridgehead atoms. The van der Waals surface area contributed by atoms with E-state index in [9.17, 15) is 9.32 Å². The molecular weight excluding hydrogens is 388 g/mol. The maximum atomic E-state index is 11.1. The first-order valence-corrected chi connectivity index (χ1v) is 9.56. The van der Waals surface area contributed by atoms with Gasteiger partial charge in [-0.15, -0.1) is 0 Å². The summed E-state index contributed by atoms with van der Waals surface area (Å²) in [6.07, 6.45) is 1.27. The zero-order valence-electron chi connectivity index (χ0n) is 13.9. The van der Waals surface area contributed by atoms with Crippen LogP contribution in [0.4, 0.5) is 17.3 Å². The van der Waals surface area contributed by atoms with Crippen LogP contribution in [-0.2, 0) is 17.5 Å². The fourth-order valence-electron chi connectivity index (χ4n) is 2.91. The molecule has 0 saturated carbocycles. The summed E-state index contributed by atoms with van der Waals surface area (Å²) in [5.74, 6) is 0.379. The van der Waals surface area contributed by atoms with Gasteiger partial charge in [0, 0.05) is 40.1 Å². The molecule has 2 unspecified atom stereocenters. The highest BCUT2D eigenvalue weighted by Gasteiger charge is 2.21. The highest BCUT2D eigenvalue weighted by Crippen LogP contribution is 2.35. The SMILES string of the molecule is O=S(O)c1ccc(Nc2ncc3c(n2)-c2ccc(Cl)cc2NC(O)C3)cc1. The Balaban J connectivity index is 1.70. The van der Waals surface area contributed by atoms with Crippen LogP contribution < -0.4 is 10.6 Å². The van der Waals surface area contributed by atoms with Crippen LogP contribution >= 0.6 is 11.6 Å². The van der Waals surface area contributed by atoms with Gasteiger partial charge < -0.3 is 20.3 Å². The highest BCUT2D eigenvalue weighted by molar-refractivity contribution is 7.79. The molecule has 0 fully saturated rings. The molecule has 138 valence electrons. The van der Waals surface area contributed by atoms with E-state index in [4.69, 9.17) is 16.2 Å². The number of hydrogen-bond acceptors (Lipinski definition) is 6. The molecule has 2 heterocycles. The number of anilines is 3. The molecule has 0 spiro atoms. The van der Waals surface area contributed by atoms with E-state index in [0.717, 1.165) is 11.1 Å². The quantitative estimate of drug-likeness (QED) is 0.497. The summed E-state index contributed by atoms with van der Waals surface area (Å²) in [6.45, 7) is 0. The van der Waals surface area contributed by atoms with Crippen molar-refractivity contribution < 1.29 is 13.9 Å². The van der Waals surface area contributed by atoms with Gasteiger partial charge >= 0.3 is 0 Å². The van der Waals surface area contributed by atoms with Crippen LogP contribution in [0.3, 0.4) is 0 Å². The number of halogens is 1. The van der Waals surface area contributed by atoms with Crippen LogP contribution in [0.15, 0.2) is 53.6 Å². The van der Waals surface area contributed by atoms with Crippen molar-refractivity contribution in [1.82, 2.24) is 9.97 Å². The molecule has 1 aliphatic rings. The summed E-state index contributed by atoms with van der Waals surface area (Å²) in [7, 11) is 0. The van der Waals surface area contributed by atoms with Gasteiger partial charge in [0.1, 0.15) is 6.23 Å². The zero-order chi connectivity index (χ0) is 19.0. The fraction of sp³-hybridized carbons (Fsp3) is 0.111. The first-order chi connectivity index (χ1) is 13.0. The standard InChI is InChI=1S/C18H15ClN4O3S/c19-11-1-6-14-15(8-11)22-16(24)7-10-9-20-18(23-17(10)14)21-12-2-4-13(5-3-12)27(25)26/h1-6,8-9,16,22,24H,7H2,(H,25,26)(H,20,21,23). The Bertz CT molecular complexity index is 1030. The summed E-state index contributed by atoms with van der Waals surface area (Å²) in [6, 6.07) is 11.8. The topological polar surface area (TPSA) is 107 Å². The van der Waals surface area contributed by atoms with Gasteiger partial charge in [-0.2, -0.15) is 0 Å². The van der Waals surface area contributed by atoms with Gasteiger partial charge in [-0.25, -0.2) is 14.2 Å². The number of nitrogens with one attached hydrogen (secondary N) is 2. The van der Waals surface area contributed by atoms with Crippen molar-refractivity contribution in [3.05, 3.63) is 59.2 Å². The molecule has 1 aromatic heterocycles. The van der Waals surface area contributed by atoms with E-state index >= 15 is 0 Å². The summed E-state index contributed by atoms with van der Waals surface area (Å²) in [5.41, 5.74) is 3.73. The zero-order valence-corrected chi connectivity index (χ0v) is 15.5. The van der Waals surface area contributed by atoms with E-state index in [-0.39, 0.29) is 0 Å². The number of nitrogens with zero attached hydrogens (tertiary/aromatic N) is 2. The minimum Gasteiger partial charge on any atom is -0.373 e. The number of aliphatic hydroxyl groups excluding tert-OH is 1. The number of fused-ring (bicyclic) bond motifs is 3. The Morgan fingerprint density at radius 3 is 2.74 bits per heavy atom. The molecule has 0 amide bonds. The van der Waals surface area contributed by atoms with Gasteiger partial charge in [0.25, 0.3) is 0 Å². The van der Waals surface area contributed by atoms with E-state index in [0.29, 0.717) is 39.4 Å². The second-order valence-corrected chi connectivity index (χ2v) is 7.43. The molecule has 0 radical (unpaired) electrons. The first-order valence-electron chi connectivity index (χ1n) is 8.08. The lowest BCUT2D eigenvalue weighted by Gasteiger charge is -2.12. The Hall–Kier alpha value is -2.52. The monoisotopic (exact) mass is 402 g/mol. The van der Waals surface area contributed by atoms with Crippen molar-refractivity contribution in [2.75, 3.05) is 10.6 Å². The average molecular weight is 403 g/mol. The molecule has 27 heavy (non-hydrogen) atoms. The predicted molar refractivity (Wildman–Crippen MR) is 105 cm³/mol. The number of rotatable bonds is 3. The van der Waals surface area contributed by atoms with Gasteiger partial charge in [-0.05, 0) is 42.5 Å². The van der Waals surface area contributed by atoms with E-state index in [2.05, 4.69) is 20.6 Å². The maximum absolute atomic E-state index is 11.1. The molecule has 7 nitrogen and oxygen atoms in total. The summed E-state index contributed by atoms with van der Waals surface area (Å²) < 4.78 is 20.1. The van der Waals surface area contributed by atoms with Crippen LogP contribution in [-0.4, -0.2) is 30.1 Å². The summed E-state index contributed by atoms with van der Waals surface area (Å²) >= 11 is 4.05. The van der Waals surface area contributed by atoms with Crippen molar-refractivity contribution in [3.8, 4) is 11.3 Å². The van der Waals surface area contributed by atoms with Crippen molar-refractivity contribution in [2.45, 2.75) is 17.5 Å². The lowest BCUT2D eigenvalue weighted by molar-refractivity contribution is 0.205.